The minimum atomic E-state index is -1.45. The zero-order valence-corrected chi connectivity index (χ0v) is 33.8. The number of hydrogen-bond donors (Lipinski definition) is 7. The summed E-state index contributed by atoms with van der Waals surface area (Å²) in [6, 6.07) is 5.94. The second kappa shape index (κ2) is 17.2. The summed E-state index contributed by atoms with van der Waals surface area (Å²) in [7, 11) is 3.03. The van der Waals surface area contributed by atoms with Crippen LogP contribution in [0.3, 0.4) is 0 Å². The molecular weight excluding hydrogens is 739 g/mol. The quantitative estimate of drug-likeness (QED) is 0.110. The molecule has 3 aliphatic heterocycles. The summed E-state index contributed by atoms with van der Waals surface area (Å²) >= 11 is 1.23. The average molecular weight is 792 g/mol. The van der Waals surface area contributed by atoms with Crippen molar-refractivity contribution < 1.29 is 44.6 Å². The van der Waals surface area contributed by atoms with Crippen molar-refractivity contribution in [1.29, 1.82) is 0 Å². The molecule has 0 aromatic carbocycles. The molecule has 6 heterocycles. The highest BCUT2D eigenvalue weighted by Gasteiger charge is 2.43. The Labute approximate surface area is 330 Å². The van der Waals surface area contributed by atoms with Crippen molar-refractivity contribution in [3.8, 4) is 0 Å². The van der Waals surface area contributed by atoms with E-state index in [0.717, 1.165) is 56.4 Å². The van der Waals surface area contributed by atoms with Crippen LogP contribution in [-0.2, 0) is 44.9 Å². The van der Waals surface area contributed by atoms with Crippen LogP contribution in [0.4, 0.5) is 0 Å². The van der Waals surface area contributed by atoms with Crippen molar-refractivity contribution >= 4 is 56.9 Å². The molecule has 6 atom stereocenters. The monoisotopic (exact) mass is 791 g/mol. The van der Waals surface area contributed by atoms with Crippen LogP contribution in [0, 0.1) is 13.8 Å². The molecule has 5 unspecified atom stereocenters. The fraction of sp³-hybridized carbons (Fsp3) is 0.512. The largest absolute Gasteiger partial charge is 0.465 e. The molecule has 1 fully saturated rings. The summed E-state index contributed by atoms with van der Waals surface area (Å²) < 4.78 is 10.9. The normalized spacial score (nSPS) is 22.4. The molecule has 0 aliphatic carbocycles. The second-order valence-corrected chi connectivity index (χ2v) is 16.1. The van der Waals surface area contributed by atoms with Crippen molar-refractivity contribution in [2.75, 3.05) is 33.1 Å². The smallest absolute Gasteiger partial charge is 0.340 e. The van der Waals surface area contributed by atoms with Crippen LogP contribution in [0.25, 0.3) is 33.2 Å². The Kier molecular flexibility index (Phi) is 12.7. The number of nitrogens with one attached hydrogen (secondary N) is 2. The van der Waals surface area contributed by atoms with Gasteiger partial charge in [-0.3, -0.25) is 9.78 Å². The molecule has 3 aromatic heterocycles. The number of aromatic nitrogens is 4. The van der Waals surface area contributed by atoms with Gasteiger partial charge in [-0.25, -0.2) is 9.78 Å². The average Bonchev–Trinajstić information content (AvgIpc) is 3.89. The van der Waals surface area contributed by atoms with Gasteiger partial charge < -0.3 is 49.9 Å². The van der Waals surface area contributed by atoms with Crippen LogP contribution in [-0.4, -0.2) is 125 Å². The van der Waals surface area contributed by atoms with E-state index in [0.29, 0.717) is 53.4 Å². The Morgan fingerprint density at radius 1 is 0.946 bits per heavy atom. The number of likely N-dealkylation sites (N-methyl/N-ethyl adjacent to an activating group) is 1. The molecule has 3 aliphatic rings. The van der Waals surface area contributed by atoms with Crippen LogP contribution in [0.5, 0.6) is 0 Å². The number of hydrogen-bond acceptors (Lipinski definition) is 12. The predicted octanol–water partition coefficient (Wildman–Crippen LogP) is 3.36. The molecule has 0 radical (unpaired) electrons. The highest BCUT2D eigenvalue weighted by molar-refractivity contribution is 7.99. The highest BCUT2D eigenvalue weighted by atomic mass is 32.2. The van der Waals surface area contributed by atoms with Gasteiger partial charge in [0.25, 0.3) is 0 Å². The highest BCUT2D eigenvalue weighted by Crippen LogP contribution is 2.37. The lowest BCUT2D eigenvalue weighted by molar-refractivity contribution is -0.205. The van der Waals surface area contributed by atoms with E-state index >= 15 is 0 Å². The van der Waals surface area contributed by atoms with Crippen molar-refractivity contribution in [3.63, 3.8) is 0 Å². The number of aliphatic hydroxyl groups is 5. The molecule has 1 amide bonds. The van der Waals surface area contributed by atoms with Gasteiger partial charge in [-0.15, -0.1) is 11.8 Å². The lowest BCUT2D eigenvalue weighted by Crippen LogP contribution is -2.57. The number of allylic oxidation sites excluding steroid dienone is 1. The summed E-state index contributed by atoms with van der Waals surface area (Å²) in [6.07, 6.45) is -3.54. The number of methoxy groups -OCH3 is 1. The van der Waals surface area contributed by atoms with Gasteiger partial charge in [-0.2, -0.15) is 0 Å². The molecule has 14 nitrogen and oxygen atoms in total. The number of H-pyrrole nitrogens is 2. The molecule has 302 valence electrons. The van der Waals surface area contributed by atoms with Crippen molar-refractivity contribution in [3.05, 3.63) is 68.8 Å². The van der Waals surface area contributed by atoms with Crippen molar-refractivity contribution in [1.82, 2.24) is 24.8 Å². The van der Waals surface area contributed by atoms with E-state index in [-0.39, 0.29) is 30.4 Å². The maximum absolute atomic E-state index is 14.1. The van der Waals surface area contributed by atoms with Gasteiger partial charge in [-0.05, 0) is 86.2 Å². The molecule has 0 saturated carbocycles. The lowest BCUT2D eigenvalue weighted by atomic mass is 9.96. The first-order chi connectivity index (χ1) is 26.7. The number of thioether (sulfide) groups is 1. The first kappa shape index (κ1) is 41.5. The zero-order chi connectivity index (χ0) is 40.6. The first-order valence-corrected chi connectivity index (χ1v) is 20.1. The van der Waals surface area contributed by atoms with Gasteiger partial charge in [0, 0.05) is 64.1 Å². The molecule has 15 heteroatoms. The number of esters is 1. The topological polar surface area (TPSA) is 214 Å². The summed E-state index contributed by atoms with van der Waals surface area (Å²) in [5.74, 6) is -0.348. The van der Waals surface area contributed by atoms with Crippen LogP contribution in [0.2, 0.25) is 0 Å². The number of amides is 1. The van der Waals surface area contributed by atoms with Gasteiger partial charge in [-0.1, -0.05) is 13.8 Å². The maximum Gasteiger partial charge on any atom is 0.340 e. The van der Waals surface area contributed by atoms with Crippen molar-refractivity contribution in [2.24, 2.45) is 0 Å². The molecule has 56 heavy (non-hydrogen) atoms. The van der Waals surface area contributed by atoms with E-state index < -0.39 is 42.4 Å². The zero-order valence-electron chi connectivity index (χ0n) is 33.0. The number of aliphatic hydroxyl groups excluding tert-OH is 5. The third kappa shape index (κ3) is 7.90. The molecule has 1 saturated heterocycles. The molecular formula is C41H53N5O9S. The van der Waals surface area contributed by atoms with Crippen LogP contribution < -0.4 is 0 Å². The van der Waals surface area contributed by atoms with E-state index in [2.05, 4.69) is 30.7 Å². The number of ether oxygens (including phenoxy) is 2. The Balaban J connectivity index is 1.43. The number of rotatable bonds is 11. The molecule has 6 rings (SSSR count). The van der Waals surface area contributed by atoms with Gasteiger partial charge >= 0.3 is 5.97 Å². The van der Waals surface area contributed by atoms with Gasteiger partial charge in [0.2, 0.25) is 5.91 Å². The standard InChI is InChI=1S/C41H53N5O9S/c1-8-23-20(3)28-15-32-25(17-47)21(4)27(44-32)14-26-19(2)12-30(42-26)24(36-35(40(53)54-7)22(5)29(45-36)16-31(23)43-28)13-34(49)46(6)10-9-11-56-41-39(52)38(51)37(50)33(18-48)55-41/h14-16,19,33,37-39,41,43-44,47-48,50-52H,8-13,17-18H2,1-7H3/t19-,33?,37?,38?,39?,41?/m0/s1. The lowest BCUT2D eigenvalue weighted by Gasteiger charge is -2.39. The van der Waals surface area contributed by atoms with E-state index in [4.69, 9.17) is 19.4 Å². The predicted molar refractivity (Wildman–Crippen MR) is 215 cm³/mol. The second-order valence-electron chi connectivity index (χ2n) is 14.9. The number of aromatic amines is 2. The van der Waals surface area contributed by atoms with Gasteiger partial charge in [0.05, 0.1) is 43.7 Å². The van der Waals surface area contributed by atoms with E-state index in [9.17, 15) is 35.1 Å². The van der Waals surface area contributed by atoms with Crippen LogP contribution in [0.1, 0.15) is 83.7 Å². The molecule has 3 aromatic rings. The summed E-state index contributed by atoms with van der Waals surface area (Å²) in [5, 5.41) is 50.6. The number of fused-ring (bicyclic) bond motifs is 8. The van der Waals surface area contributed by atoms with Crippen LogP contribution >= 0.6 is 11.8 Å². The third-order valence-corrected chi connectivity index (χ3v) is 12.6. The number of carbonyl (C=O) groups excluding carboxylic acids is 2. The molecule has 0 spiro atoms. The van der Waals surface area contributed by atoms with Crippen LogP contribution in [0.15, 0.2) is 18.2 Å². The Morgan fingerprint density at radius 2 is 1.62 bits per heavy atom. The fourth-order valence-electron chi connectivity index (χ4n) is 7.77. The Hall–Kier alpha value is -4.09. The van der Waals surface area contributed by atoms with E-state index in [1.54, 1.807) is 11.9 Å². The molecule has 7 N–H and O–H groups in total. The van der Waals surface area contributed by atoms with Gasteiger partial charge in [0.15, 0.2) is 0 Å². The number of carbonyl (C=O) groups is 2. The summed E-state index contributed by atoms with van der Waals surface area (Å²) in [5.41, 5.74) is 10.1. The fourth-order valence-corrected chi connectivity index (χ4v) is 8.88. The SMILES string of the molecule is CCc1c(C)c2cc3[nH]c(cc4nc(c(CC(=O)N(C)CCCSC5OC(CO)C(O)C(O)C5O)c5nc(cc1[nH]2)C(C)=C5C(=O)OC)C[C@@H]4C)c(C)c3CO. The Morgan fingerprint density at radius 3 is 2.29 bits per heavy atom. The number of nitrogens with zero attached hydrogens (tertiary/aromatic N) is 3. The van der Waals surface area contributed by atoms with E-state index in [1.165, 1.54) is 18.9 Å². The minimum absolute atomic E-state index is 0.0285. The van der Waals surface area contributed by atoms with E-state index in [1.807, 2.05) is 32.0 Å². The summed E-state index contributed by atoms with van der Waals surface area (Å²) in [6.45, 7) is 9.71. The maximum atomic E-state index is 14.1. The molecule has 8 bridgehead atoms. The summed E-state index contributed by atoms with van der Waals surface area (Å²) in [4.78, 5) is 46.5. The number of aryl methyl sites for hydroxylation is 3. The van der Waals surface area contributed by atoms with Crippen molar-refractivity contribution in [2.45, 2.75) is 103 Å². The minimum Gasteiger partial charge on any atom is -0.465 e. The first-order valence-electron chi connectivity index (χ1n) is 19.0. The Bertz CT molecular complexity index is 2190. The van der Waals surface area contributed by atoms with Gasteiger partial charge in [0.1, 0.15) is 29.9 Å². The third-order valence-electron chi connectivity index (χ3n) is 11.3.